The van der Waals surface area contributed by atoms with Crippen LogP contribution in [-0.2, 0) is 27.4 Å². The Kier molecular flexibility index (Phi) is 9.49. The van der Waals surface area contributed by atoms with Crippen molar-refractivity contribution in [3.05, 3.63) is 101 Å². The van der Waals surface area contributed by atoms with Gasteiger partial charge in [-0.3, -0.25) is 4.79 Å². The number of likely N-dealkylation sites (N-methyl/N-ethyl adjacent to an activating group) is 1. The molecular weight excluding hydrogens is 484 g/mol. The van der Waals surface area contributed by atoms with Gasteiger partial charge in [0.25, 0.3) is 0 Å². The number of carbonyl (C=O) groups excluding carboxylic acids is 1. The van der Waals surface area contributed by atoms with Crippen molar-refractivity contribution in [1.29, 1.82) is 0 Å². The van der Waals surface area contributed by atoms with E-state index < -0.39 is 12.4 Å². The second-order valence-corrected chi connectivity index (χ2v) is 9.83. The summed E-state index contributed by atoms with van der Waals surface area (Å²) in [5.41, 5.74) is 4.35. The molecule has 1 heterocycles. The number of amides is 1. The van der Waals surface area contributed by atoms with Gasteiger partial charge in [-0.25, -0.2) is 0 Å². The maximum absolute atomic E-state index is 11.2. The van der Waals surface area contributed by atoms with E-state index in [2.05, 4.69) is 5.32 Å². The van der Waals surface area contributed by atoms with Gasteiger partial charge in [0.05, 0.1) is 24.9 Å². The van der Waals surface area contributed by atoms with Crippen LogP contribution in [0.2, 0.25) is 0 Å². The average Bonchev–Trinajstić information content (AvgIpc) is 2.92. The number of carbonyl (C=O) groups is 1. The zero-order chi connectivity index (χ0) is 27.1. The van der Waals surface area contributed by atoms with Crippen molar-refractivity contribution in [3.8, 4) is 5.75 Å². The predicted octanol–water partition coefficient (Wildman–Crippen LogP) is 3.73. The van der Waals surface area contributed by atoms with Gasteiger partial charge >= 0.3 is 0 Å². The van der Waals surface area contributed by atoms with Crippen molar-refractivity contribution in [2.75, 3.05) is 20.1 Å². The molecule has 4 atom stereocenters. The highest BCUT2D eigenvalue weighted by molar-refractivity contribution is 5.72. The zero-order valence-corrected chi connectivity index (χ0v) is 21.8. The molecule has 38 heavy (non-hydrogen) atoms. The summed E-state index contributed by atoms with van der Waals surface area (Å²) in [6.07, 6.45) is -1.09. The molecule has 1 amide bonds. The van der Waals surface area contributed by atoms with E-state index in [4.69, 9.17) is 9.47 Å². The minimum absolute atomic E-state index is 0.0166. The van der Waals surface area contributed by atoms with Crippen LogP contribution in [0.15, 0.2) is 72.8 Å². The number of ether oxygens (including phenoxy) is 2. The number of aliphatic hydroxyl groups is 2. The Morgan fingerprint density at radius 1 is 1.03 bits per heavy atom. The van der Waals surface area contributed by atoms with Crippen molar-refractivity contribution in [2.24, 2.45) is 0 Å². The molecule has 202 valence electrons. The summed E-state index contributed by atoms with van der Waals surface area (Å²) in [6.45, 7) is 2.88. The van der Waals surface area contributed by atoms with E-state index in [9.17, 15) is 20.1 Å². The van der Waals surface area contributed by atoms with Crippen LogP contribution in [0, 0.1) is 0 Å². The third-order valence-corrected chi connectivity index (χ3v) is 6.66. The van der Waals surface area contributed by atoms with Gasteiger partial charge in [0.2, 0.25) is 5.91 Å². The third kappa shape index (κ3) is 7.63. The molecule has 0 bridgehead atoms. The summed E-state index contributed by atoms with van der Waals surface area (Å²) in [5.74, 6) is 0.0437. The van der Waals surface area contributed by atoms with Crippen LogP contribution in [0.1, 0.15) is 59.7 Å². The molecule has 0 spiro atoms. The van der Waals surface area contributed by atoms with Gasteiger partial charge in [0.15, 0.2) is 6.29 Å². The monoisotopic (exact) mass is 520 g/mol. The number of aromatic hydroxyl groups is 1. The van der Waals surface area contributed by atoms with E-state index in [1.54, 1.807) is 24.3 Å². The van der Waals surface area contributed by atoms with E-state index in [0.717, 1.165) is 22.3 Å². The van der Waals surface area contributed by atoms with Crippen molar-refractivity contribution in [3.63, 3.8) is 0 Å². The van der Waals surface area contributed by atoms with Gasteiger partial charge < -0.3 is 35.0 Å². The predicted molar refractivity (Wildman–Crippen MR) is 143 cm³/mol. The Hall–Kier alpha value is -3.27. The molecule has 8 nitrogen and oxygen atoms in total. The Morgan fingerprint density at radius 2 is 1.71 bits per heavy atom. The summed E-state index contributed by atoms with van der Waals surface area (Å²) in [6, 6.07) is 22.2. The van der Waals surface area contributed by atoms with Gasteiger partial charge in [-0.15, -0.1) is 0 Å². The smallest absolute Gasteiger partial charge is 0.217 e. The molecule has 0 saturated carbocycles. The van der Waals surface area contributed by atoms with Crippen LogP contribution in [-0.4, -0.2) is 52.4 Å². The standard InChI is InChI=1S/C30H36N2O6/c1-20(34)31-16-21-6-12-24(13-7-21)30-37-27(15-29(38-30)23-10-8-22(19-33)9-11-23)17-32(2)18-28(36)25-4-3-5-26(35)14-25/h3-14,27-30,33,35-36H,15-19H2,1-2H3,(H,31,34). The van der Waals surface area contributed by atoms with Gasteiger partial charge in [-0.1, -0.05) is 60.7 Å². The molecule has 1 fully saturated rings. The lowest BCUT2D eigenvalue weighted by Gasteiger charge is -2.38. The maximum Gasteiger partial charge on any atom is 0.217 e. The van der Waals surface area contributed by atoms with Gasteiger partial charge in [-0.2, -0.15) is 0 Å². The highest BCUT2D eigenvalue weighted by atomic mass is 16.7. The number of hydrogen-bond acceptors (Lipinski definition) is 7. The topological polar surface area (TPSA) is 111 Å². The summed E-state index contributed by atoms with van der Waals surface area (Å²) in [5, 5.41) is 32.7. The molecular formula is C30H36N2O6. The second-order valence-electron chi connectivity index (χ2n) is 9.83. The van der Waals surface area contributed by atoms with Crippen LogP contribution in [0.4, 0.5) is 0 Å². The van der Waals surface area contributed by atoms with Crippen molar-refractivity contribution < 1.29 is 29.6 Å². The third-order valence-electron chi connectivity index (χ3n) is 6.66. The molecule has 1 aliphatic rings. The SMILES string of the molecule is CC(=O)NCc1ccc(C2OC(CN(C)CC(O)c3cccc(O)c3)CC(c3ccc(CO)cc3)O2)cc1. The fourth-order valence-electron chi connectivity index (χ4n) is 4.61. The lowest BCUT2D eigenvalue weighted by Crippen LogP contribution is -2.39. The number of nitrogens with one attached hydrogen (secondary N) is 1. The van der Waals surface area contributed by atoms with Crippen LogP contribution in [0.5, 0.6) is 5.75 Å². The summed E-state index contributed by atoms with van der Waals surface area (Å²) in [4.78, 5) is 13.3. The number of phenols is 1. The molecule has 8 heteroatoms. The zero-order valence-electron chi connectivity index (χ0n) is 21.8. The van der Waals surface area contributed by atoms with Crippen LogP contribution in [0.3, 0.4) is 0 Å². The van der Waals surface area contributed by atoms with E-state index in [1.807, 2.05) is 60.5 Å². The van der Waals surface area contributed by atoms with Crippen molar-refractivity contribution in [1.82, 2.24) is 10.2 Å². The molecule has 3 aromatic carbocycles. The summed E-state index contributed by atoms with van der Waals surface area (Å²) >= 11 is 0. The Bertz CT molecular complexity index is 1180. The number of phenolic OH excluding ortho intramolecular Hbond substituents is 1. The first kappa shape index (κ1) is 27.8. The number of hydrogen-bond donors (Lipinski definition) is 4. The van der Waals surface area contributed by atoms with Crippen molar-refractivity contribution in [2.45, 2.75) is 51.1 Å². The molecule has 1 saturated heterocycles. The average molecular weight is 521 g/mol. The van der Waals surface area contributed by atoms with E-state index in [0.29, 0.717) is 31.6 Å². The molecule has 0 radical (unpaired) electrons. The first-order valence-electron chi connectivity index (χ1n) is 12.8. The van der Waals surface area contributed by atoms with Crippen LogP contribution >= 0.6 is 0 Å². The number of rotatable bonds is 10. The molecule has 4 rings (SSSR count). The molecule has 1 aliphatic heterocycles. The Morgan fingerprint density at radius 3 is 2.37 bits per heavy atom. The van der Waals surface area contributed by atoms with Crippen LogP contribution in [0.25, 0.3) is 0 Å². The van der Waals surface area contributed by atoms with Crippen molar-refractivity contribution >= 4 is 5.91 Å². The Labute approximate surface area is 223 Å². The Balaban J connectivity index is 1.47. The fourth-order valence-corrected chi connectivity index (χ4v) is 4.61. The molecule has 0 aromatic heterocycles. The lowest BCUT2D eigenvalue weighted by atomic mass is 9.99. The number of benzene rings is 3. The first-order valence-corrected chi connectivity index (χ1v) is 12.8. The number of aliphatic hydroxyl groups excluding tert-OH is 2. The minimum Gasteiger partial charge on any atom is -0.508 e. The molecule has 4 unspecified atom stereocenters. The molecule has 0 aliphatic carbocycles. The fraction of sp³-hybridized carbons (Fsp3) is 0.367. The first-order chi connectivity index (χ1) is 18.3. The van der Waals surface area contributed by atoms with Gasteiger partial charge in [-0.05, 0) is 41.4 Å². The highest BCUT2D eigenvalue weighted by Crippen LogP contribution is 2.38. The van der Waals surface area contributed by atoms with E-state index in [-0.39, 0.29) is 30.5 Å². The highest BCUT2D eigenvalue weighted by Gasteiger charge is 2.33. The molecule has 3 aromatic rings. The maximum atomic E-state index is 11.2. The lowest BCUT2D eigenvalue weighted by molar-refractivity contribution is -0.252. The van der Waals surface area contributed by atoms with E-state index >= 15 is 0 Å². The van der Waals surface area contributed by atoms with Gasteiger partial charge in [0.1, 0.15) is 5.75 Å². The normalized spacial score (nSPS) is 20.3. The van der Waals surface area contributed by atoms with Gasteiger partial charge in [0, 0.05) is 38.5 Å². The number of nitrogens with zero attached hydrogens (tertiary/aromatic N) is 1. The van der Waals surface area contributed by atoms with E-state index in [1.165, 1.54) is 6.92 Å². The quantitative estimate of drug-likeness (QED) is 0.322. The second kappa shape index (κ2) is 13.0. The summed E-state index contributed by atoms with van der Waals surface area (Å²) in [7, 11) is 1.93. The minimum atomic E-state index is -0.749. The molecule has 4 N–H and O–H groups in total. The largest absolute Gasteiger partial charge is 0.508 e. The van der Waals surface area contributed by atoms with Crippen LogP contribution < -0.4 is 5.32 Å². The summed E-state index contributed by atoms with van der Waals surface area (Å²) < 4.78 is 12.8.